The lowest BCUT2D eigenvalue weighted by molar-refractivity contribution is 0.206. The van der Waals surface area contributed by atoms with Crippen LogP contribution in [0.3, 0.4) is 0 Å². The predicted molar refractivity (Wildman–Crippen MR) is 98.9 cm³/mol. The number of nitrogens with zero attached hydrogens (tertiary/aromatic N) is 4. The number of aromatic amines is 1. The topological polar surface area (TPSA) is 78.8 Å². The van der Waals surface area contributed by atoms with Crippen LogP contribution in [0.2, 0.25) is 0 Å². The fraction of sp³-hybridized carbons (Fsp3) is 0.421. The van der Waals surface area contributed by atoms with E-state index in [1.54, 1.807) is 0 Å². The third-order valence-electron chi connectivity index (χ3n) is 5.79. The summed E-state index contributed by atoms with van der Waals surface area (Å²) in [6.45, 7) is 5.12. The fourth-order valence-electron chi connectivity index (χ4n) is 4.40. The van der Waals surface area contributed by atoms with E-state index in [2.05, 4.69) is 32.1 Å². The van der Waals surface area contributed by atoms with Crippen molar-refractivity contribution in [3.8, 4) is 11.3 Å². The molecular formula is C19H22N6O. The summed E-state index contributed by atoms with van der Waals surface area (Å²) >= 11 is 0. The zero-order valence-corrected chi connectivity index (χ0v) is 14.8. The summed E-state index contributed by atoms with van der Waals surface area (Å²) in [6.07, 6.45) is 5.84. The van der Waals surface area contributed by atoms with E-state index >= 15 is 0 Å². The number of urea groups is 1. The second-order valence-electron chi connectivity index (χ2n) is 7.31. The van der Waals surface area contributed by atoms with Gasteiger partial charge < -0.3 is 15.2 Å². The minimum absolute atomic E-state index is 0.0436. The number of likely N-dealkylation sites (tertiary alicyclic amines) is 1. The molecule has 0 bridgehead atoms. The first-order chi connectivity index (χ1) is 12.7. The van der Waals surface area contributed by atoms with Crippen molar-refractivity contribution in [2.75, 3.05) is 19.6 Å². The molecule has 5 rings (SSSR count). The van der Waals surface area contributed by atoms with E-state index in [-0.39, 0.29) is 11.4 Å². The number of aromatic nitrogens is 4. The van der Waals surface area contributed by atoms with Crippen LogP contribution in [0, 0.1) is 0 Å². The summed E-state index contributed by atoms with van der Waals surface area (Å²) in [4.78, 5) is 21.7. The van der Waals surface area contributed by atoms with Gasteiger partial charge in [0.1, 0.15) is 5.65 Å². The van der Waals surface area contributed by atoms with Gasteiger partial charge in [-0.3, -0.25) is 4.68 Å². The average Bonchev–Trinajstić information content (AvgIpc) is 3.40. The highest BCUT2D eigenvalue weighted by molar-refractivity contribution is 5.80. The number of H-pyrrole nitrogens is 1. The van der Waals surface area contributed by atoms with Crippen LogP contribution in [0.25, 0.3) is 22.3 Å². The number of rotatable bonds is 2. The number of hydrogen-bond donors (Lipinski definition) is 2. The number of pyridine rings is 1. The molecule has 2 N–H and O–H groups in total. The first-order valence-electron chi connectivity index (χ1n) is 9.23. The van der Waals surface area contributed by atoms with Gasteiger partial charge in [0.2, 0.25) is 0 Å². The van der Waals surface area contributed by atoms with Crippen LogP contribution in [0.5, 0.6) is 0 Å². The van der Waals surface area contributed by atoms with Crippen LogP contribution in [0.1, 0.15) is 25.5 Å². The Morgan fingerprint density at radius 1 is 1.35 bits per heavy atom. The third-order valence-corrected chi connectivity index (χ3v) is 5.79. The maximum atomic E-state index is 12.2. The number of hydrogen-bond acceptors (Lipinski definition) is 3. The van der Waals surface area contributed by atoms with E-state index in [4.69, 9.17) is 5.10 Å². The molecule has 2 aliphatic heterocycles. The Hall–Kier alpha value is -2.83. The van der Waals surface area contributed by atoms with Gasteiger partial charge in [-0.15, -0.1) is 0 Å². The fourth-order valence-corrected chi connectivity index (χ4v) is 4.40. The summed E-state index contributed by atoms with van der Waals surface area (Å²) in [5.41, 5.74) is 4.19. The van der Waals surface area contributed by atoms with E-state index in [0.29, 0.717) is 6.54 Å². The summed E-state index contributed by atoms with van der Waals surface area (Å²) in [6, 6.07) is 6.39. The predicted octanol–water partition coefficient (Wildman–Crippen LogP) is 2.50. The molecule has 1 saturated heterocycles. The average molecular weight is 350 g/mol. The van der Waals surface area contributed by atoms with Crippen molar-refractivity contribution in [1.29, 1.82) is 0 Å². The number of aryl methyl sites for hydroxylation is 1. The number of amides is 2. The lowest BCUT2D eigenvalue weighted by atomic mass is 9.82. The molecule has 26 heavy (non-hydrogen) atoms. The highest BCUT2D eigenvalue weighted by atomic mass is 16.2. The smallest absolute Gasteiger partial charge is 0.317 e. The minimum Gasteiger partial charge on any atom is -0.346 e. The molecule has 1 spiro atoms. The number of carbonyl (C=O) groups excluding carboxylic acids is 1. The SMILES string of the molecule is CCNC(=O)N1CCC2(CCn3nc(-c4cnc5[nH]ccc5c4)cc32)C1. The van der Waals surface area contributed by atoms with Gasteiger partial charge in [-0.2, -0.15) is 5.10 Å². The summed E-state index contributed by atoms with van der Waals surface area (Å²) in [5, 5.41) is 8.83. The summed E-state index contributed by atoms with van der Waals surface area (Å²) in [5.74, 6) is 0. The van der Waals surface area contributed by atoms with Gasteiger partial charge in [0, 0.05) is 60.6 Å². The lowest BCUT2D eigenvalue weighted by Crippen LogP contribution is -2.40. The van der Waals surface area contributed by atoms with E-state index < -0.39 is 0 Å². The van der Waals surface area contributed by atoms with Crippen LogP contribution >= 0.6 is 0 Å². The molecule has 3 aromatic rings. The van der Waals surface area contributed by atoms with Crippen LogP contribution < -0.4 is 5.32 Å². The monoisotopic (exact) mass is 350 g/mol. The molecule has 7 heteroatoms. The maximum Gasteiger partial charge on any atom is 0.317 e. The molecule has 0 radical (unpaired) electrons. The van der Waals surface area contributed by atoms with Crippen LogP contribution in [-0.4, -0.2) is 50.3 Å². The van der Waals surface area contributed by atoms with Gasteiger partial charge in [0.15, 0.2) is 0 Å². The minimum atomic E-state index is 0.0436. The molecule has 0 saturated carbocycles. The van der Waals surface area contributed by atoms with Crippen molar-refractivity contribution >= 4 is 17.1 Å². The standard InChI is InChI=1S/C19H22N6O/c1-2-20-18(26)24-7-4-19(12-24)5-8-25-16(19)10-15(23-25)14-9-13-3-6-21-17(13)22-11-14/h3,6,9-11H,2,4-5,7-8,12H2,1H3,(H,20,26)(H,21,22). The normalized spacial score (nSPS) is 21.7. The van der Waals surface area contributed by atoms with Gasteiger partial charge >= 0.3 is 6.03 Å². The van der Waals surface area contributed by atoms with Gasteiger partial charge in [-0.1, -0.05) is 0 Å². The zero-order chi connectivity index (χ0) is 17.7. The quantitative estimate of drug-likeness (QED) is 0.745. The second-order valence-corrected chi connectivity index (χ2v) is 7.31. The first kappa shape index (κ1) is 15.4. The zero-order valence-electron chi connectivity index (χ0n) is 14.8. The first-order valence-corrected chi connectivity index (χ1v) is 9.23. The Morgan fingerprint density at radius 3 is 3.12 bits per heavy atom. The van der Waals surface area contributed by atoms with Gasteiger partial charge in [0.25, 0.3) is 0 Å². The van der Waals surface area contributed by atoms with Gasteiger partial charge in [0.05, 0.1) is 5.69 Å². The van der Waals surface area contributed by atoms with Crippen molar-refractivity contribution in [2.24, 2.45) is 0 Å². The van der Waals surface area contributed by atoms with Crippen molar-refractivity contribution < 1.29 is 4.79 Å². The Labute approximate surface area is 151 Å². The Kier molecular flexibility index (Phi) is 3.32. The summed E-state index contributed by atoms with van der Waals surface area (Å²) < 4.78 is 2.12. The molecule has 1 fully saturated rings. The number of carbonyl (C=O) groups is 1. The molecule has 2 aliphatic rings. The van der Waals surface area contributed by atoms with Crippen LogP contribution in [-0.2, 0) is 12.0 Å². The Morgan fingerprint density at radius 2 is 2.23 bits per heavy atom. The number of fused-ring (bicyclic) bond motifs is 3. The van der Waals surface area contributed by atoms with Gasteiger partial charge in [-0.25, -0.2) is 9.78 Å². The summed E-state index contributed by atoms with van der Waals surface area (Å²) in [7, 11) is 0. The Balaban J connectivity index is 1.46. The lowest BCUT2D eigenvalue weighted by Gasteiger charge is -2.23. The van der Waals surface area contributed by atoms with Crippen molar-refractivity contribution in [1.82, 2.24) is 30.0 Å². The molecule has 5 heterocycles. The largest absolute Gasteiger partial charge is 0.346 e. The maximum absolute atomic E-state index is 12.2. The molecule has 2 amide bonds. The van der Waals surface area contributed by atoms with Crippen molar-refractivity contribution in [3.05, 3.63) is 36.3 Å². The molecule has 0 aliphatic carbocycles. The molecule has 1 atom stereocenters. The van der Waals surface area contributed by atoms with Crippen LogP contribution in [0.15, 0.2) is 30.6 Å². The molecular weight excluding hydrogens is 328 g/mol. The van der Waals surface area contributed by atoms with E-state index in [1.807, 2.05) is 30.3 Å². The third kappa shape index (κ3) is 2.23. The highest BCUT2D eigenvalue weighted by Crippen LogP contribution is 2.43. The van der Waals surface area contributed by atoms with Crippen LogP contribution in [0.4, 0.5) is 4.79 Å². The molecule has 7 nitrogen and oxygen atoms in total. The molecule has 134 valence electrons. The van der Waals surface area contributed by atoms with Crippen molar-refractivity contribution in [3.63, 3.8) is 0 Å². The van der Waals surface area contributed by atoms with Crippen molar-refractivity contribution in [2.45, 2.75) is 31.7 Å². The molecule has 0 aromatic carbocycles. The van der Waals surface area contributed by atoms with E-state index in [0.717, 1.165) is 54.8 Å². The number of nitrogens with one attached hydrogen (secondary N) is 2. The highest BCUT2D eigenvalue weighted by Gasteiger charge is 2.46. The second kappa shape index (κ2) is 5.59. The molecule has 3 aromatic heterocycles. The Bertz CT molecular complexity index is 989. The molecule has 1 unspecified atom stereocenters. The van der Waals surface area contributed by atoms with E-state index in [9.17, 15) is 4.79 Å². The van der Waals surface area contributed by atoms with Gasteiger partial charge in [-0.05, 0) is 38.0 Å². The van der Waals surface area contributed by atoms with E-state index in [1.165, 1.54) is 5.69 Å².